The summed E-state index contributed by atoms with van der Waals surface area (Å²) >= 11 is 5.65. The summed E-state index contributed by atoms with van der Waals surface area (Å²) in [7, 11) is 0. The van der Waals surface area contributed by atoms with Gasteiger partial charge >= 0.3 is 0 Å². The van der Waals surface area contributed by atoms with Gasteiger partial charge in [-0.15, -0.1) is 0 Å². The molecule has 0 saturated carbocycles. The largest absolute Gasteiger partial charge is 0.488 e. The minimum absolute atomic E-state index is 0.0121. The molecule has 1 fully saturated rings. The Bertz CT molecular complexity index is 389. The number of ether oxygens (including phenoxy) is 2. The smallest absolute Gasteiger partial charge is 0.183 e. The first kappa shape index (κ1) is 12.6. The van der Waals surface area contributed by atoms with Crippen molar-refractivity contribution in [2.75, 3.05) is 13.2 Å². The van der Waals surface area contributed by atoms with E-state index in [2.05, 4.69) is 0 Å². The van der Waals surface area contributed by atoms with E-state index >= 15 is 0 Å². The van der Waals surface area contributed by atoms with E-state index in [4.69, 9.17) is 26.8 Å². The summed E-state index contributed by atoms with van der Waals surface area (Å²) in [5.74, 6) is -0.361. The zero-order chi connectivity index (χ0) is 12.3. The maximum Gasteiger partial charge on any atom is 0.183 e. The Morgan fingerprint density at radius 2 is 2.18 bits per heavy atom. The number of nitrogens with two attached hydrogens (primary N) is 1. The SMILES string of the molecule is NCC1CCC(COc2cccc(Cl)c2F)O1. The number of rotatable bonds is 4. The Balaban J connectivity index is 1.88. The molecule has 1 heterocycles. The van der Waals surface area contributed by atoms with Gasteiger partial charge in [0, 0.05) is 6.54 Å². The van der Waals surface area contributed by atoms with Crippen LogP contribution in [-0.4, -0.2) is 25.4 Å². The van der Waals surface area contributed by atoms with E-state index in [1.165, 1.54) is 6.07 Å². The molecule has 2 unspecified atom stereocenters. The number of benzene rings is 1. The minimum Gasteiger partial charge on any atom is -0.488 e. The normalized spacial score (nSPS) is 23.9. The van der Waals surface area contributed by atoms with Gasteiger partial charge in [-0.3, -0.25) is 0 Å². The Morgan fingerprint density at radius 3 is 2.88 bits per heavy atom. The Morgan fingerprint density at radius 1 is 1.41 bits per heavy atom. The summed E-state index contributed by atoms with van der Waals surface area (Å²) in [5.41, 5.74) is 5.50. The van der Waals surface area contributed by atoms with E-state index in [1.807, 2.05) is 0 Å². The number of hydrogen-bond acceptors (Lipinski definition) is 3. The molecule has 0 spiro atoms. The molecule has 1 saturated heterocycles. The molecule has 17 heavy (non-hydrogen) atoms. The van der Waals surface area contributed by atoms with Crippen LogP contribution in [0.15, 0.2) is 18.2 Å². The van der Waals surface area contributed by atoms with Gasteiger partial charge in [0.15, 0.2) is 11.6 Å². The summed E-state index contributed by atoms with van der Waals surface area (Å²) in [5, 5.41) is 0.0645. The van der Waals surface area contributed by atoms with Crippen molar-refractivity contribution in [3.8, 4) is 5.75 Å². The lowest BCUT2D eigenvalue weighted by molar-refractivity contribution is 0.0214. The Hall–Kier alpha value is -0.840. The molecule has 2 rings (SSSR count). The maximum absolute atomic E-state index is 13.5. The van der Waals surface area contributed by atoms with Gasteiger partial charge in [-0.2, -0.15) is 0 Å². The molecule has 3 nitrogen and oxygen atoms in total. The molecule has 1 aliphatic rings. The summed E-state index contributed by atoms with van der Waals surface area (Å²) in [6, 6.07) is 4.69. The van der Waals surface area contributed by atoms with Crippen molar-refractivity contribution in [1.29, 1.82) is 0 Å². The van der Waals surface area contributed by atoms with Gasteiger partial charge in [0.05, 0.1) is 17.2 Å². The van der Waals surface area contributed by atoms with Crippen LogP contribution < -0.4 is 10.5 Å². The van der Waals surface area contributed by atoms with E-state index in [0.29, 0.717) is 13.2 Å². The highest BCUT2D eigenvalue weighted by Gasteiger charge is 2.24. The summed E-state index contributed by atoms with van der Waals surface area (Å²) < 4.78 is 24.5. The second-order valence-corrected chi connectivity index (χ2v) is 4.46. The fourth-order valence-electron chi connectivity index (χ4n) is 1.85. The third-order valence-corrected chi connectivity index (χ3v) is 3.09. The van der Waals surface area contributed by atoms with Gasteiger partial charge in [0.2, 0.25) is 0 Å². The van der Waals surface area contributed by atoms with Crippen molar-refractivity contribution in [3.05, 3.63) is 29.0 Å². The van der Waals surface area contributed by atoms with Crippen molar-refractivity contribution in [3.63, 3.8) is 0 Å². The molecular formula is C12H15ClFNO2. The molecule has 1 aliphatic heterocycles. The predicted molar refractivity (Wildman–Crippen MR) is 63.9 cm³/mol. The van der Waals surface area contributed by atoms with Crippen molar-refractivity contribution in [1.82, 2.24) is 0 Å². The molecule has 0 aromatic heterocycles. The van der Waals surface area contributed by atoms with Gasteiger partial charge in [0.1, 0.15) is 6.61 Å². The van der Waals surface area contributed by atoms with E-state index in [9.17, 15) is 4.39 Å². The monoisotopic (exact) mass is 259 g/mol. The van der Waals surface area contributed by atoms with Crippen LogP contribution in [0.2, 0.25) is 5.02 Å². The zero-order valence-corrected chi connectivity index (χ0v) is 10.1. The first-order valence-electron chi connectivity index (χ1n) is 5.63. The summed E-state index contributed by atoms with van der Waals surface area (Å²) in [6.07, 6.45) is 1.92. The highest BCUT2D eigenvalue weighted by Crippen LogP contribution is 2.25. The fourth-order valence-corrected chi connectivity index (χ4v) is 2.02. The lowest BCUT2D eigenvalue weighted by Gasteiger charge is -2.14. The van der Waals surface area contributed by atoms with Gasteiger partial charge in [-0.1, -0.05) is 17.7 Å². The fraction of sp³-hybridized carbons (Fsp3) is 0.500. The van der Waals surface area contributed by atoms with Crippen LogP contribution in [0, 0.1) is 5.82 Å². The molecule has 0 amide bonds. The molecule has 2 N–H and O–H groups in total. The lowest BCUT2D eigenvalue weighted by Crippen LogP contribution is -2.23. The van der Waals surface area contributed by atoms with Gasteiger partial charge in [-0.25, -0.2) is 4.39 Å². The first-order chi connectivity index (χ1) is 8.20. The Kier molecular flexibility index (Phi) is 4.20. The van der Waals surface area contributed by atoms with E-state index < -0.39 is 5.82 Å². The molecular weight excluding hydrogens is 245 g/mol. The molecule has 0 aliphatic carbocycles. The van der Waals surface area contributed by atoms with Crippen LogP contribution in [-0.2, 0) is 4.74 Å². The second kappa shape index (κ2) is 5.67. The molecule has 5 heteroatoms. The molecule has 94 valence electrons. The average molecular weight is 260 g/mol. The average Bonchev–Trinajstić information content (AvgIpc) is 2.79. The van der Waals surface area contributed by atoms with E-state index in [0.717, 1.165) is 12.8 Å². The first-order valence-corrected chi connectivity index (χ1v) is 6.01. The van der Waals surface area contributed by atoms with Gasteiger partial charge in [-0.05, 0) is 25.0 Å². The summed E-state index contributed by atoms with van der Waals surface area (Å²) in [4.78, 5) is 0. The molecule has 1 aromatic rings. The molecule has 0 bridgehead atoms. The lowest BCUT2D eigenvalue weighted by atomic mass is 10.2. The third-order valence-electron chi connectivity index (χ3n) is 2.80. The number of hydrogen-bond donors (Lipinski definition) is 1. The third kappa shape index (κ3) is 3.09. The maximum atomic E-state index is 13.5. The topological polar surface area (TPSA) is 44.5 Å². The van der Waals surface area contributed by atoms with Crippen LogP contribution in [0.5, 0.6) is 5.75 Å². The quantitative estimate of drug-likeness (QED) is 0.903. The predicted octanol–water partition coefficient (Wildman–Crippen LogP) is 2.36. The zero-order valence-electron chi connectivity index (χ0n) is 9.36. The second-order valence-electron chi connectivity index (χ2n) is 4.06. The van der Waals surface area contributed by atoms with Crippen molar-refractivity contribution >= 4 is 11.6 Å². The number of halogens is 2. The van der Waals surface area contributed by atoms with Crippen LogP contribution >= 0.6 is 11.6 Å². The molecule has 2 atom stereocenters. The molecule has 0 radical (unpaired) electrons. The van der Waals surface area contributed by atoms with Crippen LogP contribution in [0.3, 0.4) is 0 Å². The van der Waals surface area contributed by atoms with Crippen LogP contribution in [0.4, 0.5) is 4.39 Å². The van der Waals surface area contributed by atoms with Gasteiger partial charge < -0.3 is 15.2 Å². The minimum atomic E-state index is -0.525. The van der Waals surface area contributed by atoms with E-state index in [1.54, 1.807) is 12.1 Å². The Labute approximate surface area is 105 Å². The van der Waals surface area contributed by atoms with Crippen molar-refractivity contribution < 1.29 is 13.9 Å². The van der Waals surface area contributed by atoms with Crippen molar-refractivity contribution in [2.45, 2.75) is 25.0 Å². The summed E-state index contributed by atoms with van der Waals surface area (Å²) in [6.45, 7) is 0.843. The van der Waals surface area contributed by atoms with Crippen LogP contribution in [0.25, 0.3) is 0 Å². The van der Waals surface area contributed by atoms with E-state index in [-0.39, 0.29) is 23.0 Å². The highest BCUT2D eigenvalue weighted by atomic mass is 35.5. The van der Waals surface area contributed by atoms with Crippen molar-refractivity contribution in [2.24, 2.45) is 5.73 Å². The van der Waals surface area contributed by atoms with Crippen LogP contribution in [0.1, 0.15) is 12.8 Å². The standard InChI is InChI=1S/C12H15ClFNO2/c13-10-2-1-3-11(12(10)14)16-7-9-5-4-8(6-15)17-9/h1-3,8-9H,4-7,15H2. The molecule has 1 aromatic carbocycles. The van der Waals surface area contributed by atoms with Gasteiger partial charge in [0.25, 0.3) is 0 Å². The highest BCUT2D eigenvalue weighted by molar-refractivity contribution is 6.30.